The number of hydrogen-bond donors (Lipinski definition) is 1. The molecule has 1 N–H and O–H groups in total. The average Bonchev–Trinajstić information content (AvgIpc) is 2.44. The first-order valence-corrected chi connectivity index (χ1v) is 7.38. The summed E-state index contributed by atoms with van der Waals surface area (Å²) in [4.78, 5) is 12.6. The number of aliphatic carboxylic acids is 1. The second-order valence-corrected chi connectivity index (χ2v) is 5.34. The van der Waals surface area contributed by atoms with Gasteiger partial charge in [0, 0.05) is 19.2 Å². The van der Waals surface area contributed by atoms with Crippen molar-refractivity contribution in [3.63, 3.8) is 0 Å². The smallest absolute Gasteiger partial charge is 0.308 e. The van der Waals surface area contributed by atoms with Crippen LogP contribution in [0.15, 0.2) is 18.2 Å². The Labute approximate surface area is 124 Å². The number of halogens is 2. The lowest BCUT2D eigenvalue weighted by molar-refractivity contribution is -0.140. The fourth-order valence-corrected chi connectivity index (χ4v) is 2.18. The molecule has 0 aliphatic rings. The van der Waals surface area contributed by atoms with Crippen molar-refractivity contribution in [2.75, 3.05) is 18.0 Å². The van der Waals surface area contributed by atoms with Gasteiger partial charge in [0.05, 0.1) is 11.6 Å². The highest BCUT2D eigenvalue weighted by molar-refractivity contribution is 5.70. The minimum atomic E-state index is -0.939. The van der Waals surface area contributed by atoms with Crippen LogP contribution in [0.4, 0.5) is 14.5 Å². The zero-order valence-corrected chi connectivity index (χ0v) is 12.6. The van der Waals surface area contributed by atoms with E-state index in [0.29, 0.717) is 6.54 Å². The van der Waals surface area contributed by atoms with E-state index in [-0.39, 0.29) is 12.2 Å². The molecular formula is C16H23F2NO2. The van der Waals surface area contributed by atoms with Crippen LogP contribution in [0.1, 0.15) is 39.5 Å². The van der Waals surface area contributed by atoms with Crippen molar-refractivity contribution in [2.45, 2.75) is 39.5 Å². The maximum absolute atomic E-state index is 13.9. The van der Waals surface area contributed by atoms with Crippen LogP contribution in [-0.4, -0.2) is 24.2 Å². The lowest BCUT2D eigenvalue weighted by Gasteiger charge is -2.27. The lowest BCUT2D eigenvalue weighted by atomic mass is 10.1. The van der Waals surface area contributed by atoms with Gasteiger partial charge in [-0.3, -0.25) is 4.79 Å². The first-order valence-electron chi connectivity index (χ1n) is 7.38. The summed E-state index contributed by atoms with van der Waals surface area (Å²) in [5, 5.41) is 9.02. The first kappa shape index (κ1) is 17.4. The maximum atomic E-state index is 13.9. The van der Waals surface area contributed by atoms with Gasteiger partial charge in [-0.15, -0.1) is 0 Å². The van der Waals surface area contributed by atoms with Gasteiger partial charge in [-0.2, -0.15) is 0 Å². The third-order valence-electron chi connectivity index (χ3n) is 3.45. The van der Waals surface area contributed by atoms with Crippen molar-refractivity contribution in [3.8, 4) is 0 Å². The zero-order chi connectivity index (χ0) is 15.8. The average molecular weight is 299 g/mol. The molecule has 0 spiro atoms. The SMILES string of the molecule is CCCCCCN(CC(C)C(=O)O)c1cc(F)ccc1F. The molecule has 0 bridgehead atoms. The molecule has 0 aliphatic carbocycles. The third kappa shape index (κ3) is 5.69. The van der Waals surface area contributed by atoms with Crippen molar-refractivity contribution in [3.05, 3.63) is 29.8 Å². The van der Waals surface area contributed by atoms with Crippen LogP contribution in [-0.2, 0) is 4.79 Å². The molecule has 0 radical (unpaired) electrons. The highest BCUT2D eigenvalue weighted by atomic mass is 19.1. The molecule has 0 fully saturated rings. The molecule has 1 unspecified atom stereocenters. The number of nitrogens with zero attached hydrogens (tertiary/aromatic N) is 1. The maximum Gasteiger partial charge on any atom is 0.308 e. The standard InChI is InChI=1S/C16H23F2NO2/c1-3-4-5-6-9-19(11-12(2)16(20)21)15-10-13(17)7-8-14(15)18/h7-8,10,12H,3-6,9,11H2,1-2H3,(H,20,21). The van der Waals surface area contributed by atoms with Crippen LogP contribution in [0.5, 0.6) is 0 Å². The number of anilines is 1. The molecule has 1 atom stereocenters. The van der Waals surface area contributed by atoms with Crippen molar-refractivity contribution in [2.24, 2.45) is 5.92 Å². The van der Waals surface area contributed by atoms with Gasteiger partial charge in [0.25, 0.3) is 0 Å². The van der Waals surface area contributed by atoms with E-state index in [0.717, 1.165) is 43.9 Å². The van der Waals surface area contributed by atoms with Gasteiger partial charge in [-0.05, 0) is 18.6 Å². The Balaban J connectivity index is 2.84. The molecule has 1 aromatic carbocycles. The monoisotopic (exact) mass is 299 g/mol. The number of rotatable bonds is 9. The molecule has 0 saturated heterocycles. The van der Waals surface area contributed by atoms with E-state index in [1.54, 1.807) is 11.8 Å². The minimum Gasteiger partial charge on any atom is -0.481 e. The van der Waals surface area contributed by atoms with E-state index in [9.17, 15) is 13.6 Å². The van der Waals surface area contributed by atoms with Gasteiger partial charge in [-0.1, -0.05) is 33.1 Å². The van der Waals surface area contributed by atoms with Crippen LogP contribution >= 0.6 is 0 Å². The molecule has 3 nitrogen and oxygen atoms in total. The summed E-state index contributed by atoms with van der Waals surface area (Å²) in [6, 6.07) is 3.27. The van der Waals surface area contributed by atoms with E-state index < -0.39 is 23.5 Å². The highest BCUT2D eigenvalue weighted by Crippen LogP contribution is 2.22. The second kappa shape index (κ2) is 8.60. The van der Waals surface area contributed by atoms with E-state index in [1.807, 2.05) is 0 Å². The Morgan fingerprint density at radius 3 is 2.62 bits per heavy atom. The zero-order valence-electron chi connectivity index (χ0n) is 12.6. The Morgan fingerprint density at radius 2 is 2.00 bits per heavy atom. The fraction of sp³-hybridized carbons (Fsp3) is 0.562. The molecule has 0 amide bonds. The van der Waals surface area contributed by atoms with Crippen LogP contribution in [0, 0.1) is 17.6 Å². The van der Waals surface area contributed by atoms with Crippen LogP contribution in [0.25, 0.3) is 0 Å². The van der Waals surface area contributed by atoms with Crippen LogP contribution < -0.4 is 4.90 Å². The highest BCUT2D eigenvalue weighted by Gasteiger charge is 2.19. The summed E-state index contributed by atoms with van der Waals surface area (Å²) in [5.41, 5.74) is 0.139. The molecular weight excluding hydrogens is 276 g/mol. The summed E-state index contributed by atoms with van der Waals surface area (Å²) in [7, 11) is 0. The summed E-state index contributed by atoms with van der Waals surface area (Å²) >= 11 is 0. The van der Waals surface area contributed by atoms with Crippen molar-refractivity contribution < 1.29 is 18.7 Å². The van der Waals surface area contributed by atoms with Gasteiger partial charge in [0.15, 0.2) is 0 Å². The number of benzene rings is 1. The van der Waals surface area contributed by atoms with Gasteiger partial charge >= 0.3 is 5.97 Å². The normalized spacial score (nSPS) is 12.2. The van der Waals surface area contributed by atoms with Gasteiger partial charge < -0.3 is 10.0 Å². The minimum absolute atomic E-state index is 0.139. The van der Waals surface area contributed by atoms with Crippen LogP contribution in [0.2, 0.25) is 0 Å². The van der Waals surface area contributed by atoms with E-state index in [2.05, 4.69) is 6.92 Å². The number of unbranched alkanes of at least 4 members (excludes halogenated alkanes) is 3. The first-order chi connectivity index (χ1) is 9.95. The van der Waals surface area contributed by atoms with E-state index in [1.165, 1.54) is 0 Å². The topological polar surface area (TPSA) is 40.5 Å². The summed E-state index contributed by atoms with van der Waals surface area (Å²) in [6.07, 6.45) is 3.98. The van der Waals surface area contributed by atoms with Crippen molar-refractivity contribution >= 4 is 11.7 Å². The number of carboxylic acid groups (broad SMARTS) is 1. The molecule has 21 heavy (non-hydrogen) atoms. The Morgan fingerprint density at radius 1 is 1.29 bits per heavy atom. The fourth-order valence-electron chi connectivity index (χ4n) is 2.18. The molecule has 1 rings (SSSR count). The summed E-state index contributed by atoms with van der Waals surface area (Å²) < 4.78 is 27.2. The van der Waals surface area contributed by atoms with Crippen LogP contribution in [0.3, 0.4) is 0 Å². The quantitative estimate of drug-likeness (QED) is 0.699. The largest absolute Gasteiger partial charge is 0.481 e. The Hall–Kier alpha value is -1.65. The predicted octanol–water partition coefficient (Wildman–Crippen LogP) is 4.07. The van der Waals surface area contributed by atoms with Gasteiger partial charge in [-0.25, -0.2) is 8.78 Å². The number of carboxylic acids is 1. The summed E-state index contributed by atoms with van der Waals surface area (Å²) in [5.74, 6) is -2.62. The molecule has 0 aromatic heterocycles. The van der Waals surface area contributed by atoms with Gasteiger partial charge in [0.2, 0.25) is 0 Å². The third-order valence-corrected chi connectivity index (χ3v) is 3.45. The predicted molar refractivity (Wildman–Crippen MR) is 79.5 cm³/mol. The molecule has 0 saturated carbocycles. The molecule has 0 heterocycles. The second-order valence-electron chi connectivity index (χ2n) is 5.34. The number of carbonyl (C=O) groups is 1. The molecule has 5 heteroatoms. The van der Waals surface area contributed by atoms with E-state index >= 15 is 0 Å². The number of hydrogen-bond acceptors (Lipinski definition) is 2. The molecule has 118 valence electrons. The van der Waals surface area contributed by atoms with Crippen molar-refractivity contribution in [1.82, 2.24) is 0 Å². The Bertz CT molecular complexity index is 466. The van der Waals surface area contributed by atoms with E-state index in [4.69, 9.17) is 5.11 Å². The van der Waals surface area contributed by atoms with Gasteiger partial charge in [0.1, 0.15) is 11.6 Å². The Kier molecular flexibility index (Phi) is 7.12. The molecule has 1 aromatic rings. The lowest BCUT2D eigenvalue weighted by Crippen LogP contribution is -2.33. The molecule has 0 aliphatic heterocycles. The van der Waals surface area contributed by atoms with Crippen molar-refractivity contribution in [1.29, 1.82) is 0 Å². The summed E-state index contributed by atoms with van der Waals surface area (Å²) in [6.45, 7) is 4.36.